The van der Waals surface area contributed by atoms with Gasteiger partial charge in [-0.25, -0.2) is 0 Å². The van der Waals surface area contributed by atoms with Crippen molar-refractivity contribution in [3.8, 4) is 23.0 Å². The Balaban J connectivity index is 1.50. The van der Waals surface area contributed by atoms with Crippen molar-refractivity contribution in [1.82, 2.24) is 0 Å². The minimum absolute atomic E-state index is 0.00115. The van der Waals surface area contributed by atoms with Gasteiger partial charge in [0.05, 0.1) is 30.9 Å². The van der Waals surface area contributed by atoms with Crippen LogP contribution >= 0.6 is 0 Å². The van der Waals surface area contributed by atoms with Crippen LogP contribution in [0.3, 0.4) is 0 Å². The van der Waals surface area contributed by atoms with E-state index in [4.69, 9.17) is 18.9 Å². The maximum Gasteiger partial charge on any atom is 0.270 e. The van der Waals surface area contributed by atoms with Crippen molar-refractivity contribution in [2.75, 3.05) is 13.2 Å². The van der Waals surface area contributed by atoms with Crippen LogP contribution in [0, 0.1) is 5.92 Å². The van der Waals surface area contributed by atoms with Crippen molar-refractivity contribution in [1.29, 1.82) is 0 Å². The summed E-state index contributed by atoms with van der Waals surface area (Å²) >= 11 is 0. The summed E-state index contributed by atoms with van der Waals surface area (Å²) in [5.41, 5.74) is 0.741. The van der Waals surface area contributed by atoms with Crippen LogP contribution < -0.4 is 0 Å². The van der Waals surface area contributed by atoms with E-state index < -0.39 is 80.5 Å². The van der Waals surface area contributed by atoms with Crippen LogP contribution in [-0.2, 0) is 18.9 Å². The molecule has 3 aliphatic rings. The average Bonchev–Trinajstić information content (AvgIpc) is 2.97. The monoisotopic (exact) mass is 595 g/mol. The predicted octanol–water partition coefficient (Wildman–Crippen LogP) is -0.944. The summed E-state index contributed by atoms with van der Waals surface area (Å²) in [7, 11) is 0. The molecule has 3 heterocycles. The van der Waals surface area contributed by atoms with Gasteiger partial charge in [0, 0.05) is 18.1 Å². The molecular weight excluding hydrogens is 560 g/mol. The molecule has 2 aromatic rings. The number of benzene rings is 2. The molecule has 42 heavy (non-hydrogen) atoms. The Labute approximate surface area is 239 Å². The second-order valence-electron chi connectivity index (χ2n) is 10.6. The van der Waals surface area contributed by atoms with E-state index in [1.807, 2.05) is 0 Å². The summed E-state index contributed by atoms with van der Waals surface area (Å²) in [6.07, 6.45) is -12.3. The van der Waals surface area contributed by atoms with E-state index in [-0.39, 0.29) is 34.3 Å². The Bertz CT molecular complexity index is 1270. The summed E-state index contributed by atoms with van der Waals surface area (Å²) in [5.74, 6) is -1.06. The highest BCUT2D eigenvalue weighted by atomic mass is 16.8. The SMILES string of the molecule is C[C@H]1[C@H](O[C@H]2[C@H](OC3=Cc4c(O)cc(O)cc4[OH+]C3c3ccc(O)cc3)O[C@H](CO)[C@@H](O)[C@@H]2O)O[C@H](CO)[C@@H](O)[C@@H]1O. The molecule has 2 fully saturated rings. The zero-order chi connectivity index (χ0) is 30.3. The molecule has 0 spiro atoms. The summed E-state index contributed by atoms with van der Waals surface area (Å²) in [5, 5.41) is 92.1. The van der Waals surface area contributed by atoms with Crippen LogP contribution in [-0.4, -0.2) is 119 Å². The standard InChI is InChI=1S/C28H34O14/c1-11-21(34)22(35)19(9-29)40-27(11)42-26-24(37)23(36)20(10-30)41-28(26)39-18-8-15-16(33)6-14(32)7-17(15)38-25(18)12-2-4-13(31)5-3-12/h2-8,11,19-37H,9-10H2,1H3/p+1/t11-,19-,20-,21-,22-,23-,24+,25?,26-,27+,28-/m1/s1. The third-order valence-electron chi connectivity index (χ3n) is 7.71. The predicted molar refractivity (Wildman–Crippen MR) is 141 cm³/mol. The largest absolute Gasteiger partial charge is 0.571 e. The Kier molecular flexibility index (Phi) is 8.80. The van der Waals surface area contributed by atoms with E-state index in [0.29, 0.717) is 5.56 Å². The Hall–Kier alpha value is -3.18. The van der Waals surface area contributed by atoms with Gasteiger partial charge in [-0.2, -0.15) is 0 Å². The quantitative estimate of drug-likeness (QED) is 0.176. The van der Waals surface area contributed by atoms with E-state index in [1.54, 1.807) is 12.1 Å². The van der Waals surface area contributed by atoms with Crippen LogP contribution in [0.15, 0.2) is 42.2 Å². The van der Waals surface area contributed by atoms with E-state index >= 15 is 0 Å². The molecule has 230 valence electrons. The minimum atomic E-state index is -1.70. The molecule has 14 heteroatoms. The van der Waals surface area contributed by atoms with Gasteiger partial charge in [-0.1, -0.05) is 6.92 Å². The Morgan fingerprint density at radius 2 is 1.40 bits per heavy atom. The number of rotatable bonds is 7. The fourth-order valence-electron chi connectivity index (χ4n) is 5.24. The van der Waals surface area contributed by atoms with E-state index in [0.717, 1.165) is 6.07 Å². The molecule has 0 aromatic heterocycles. The van der Waals surface area contributed by atoms with Crippen LogP contribution in [0.2, 0.25) is 0 Å². The van der Waals surface area contributed by atoms with Gasteiger partial charge in [-0.3, -0.25) is 0 Å². The van der Waals surface area contributed by atoms with E-state index in [2.05, 4.69) is 4.74 Å². The Morgan fingerprint density at radius 3 is 2.05 bits per heavy atom. The third kappa shape index (κ3) is 5.73. The van der Waals surface area contributed by atoms with Crippen LogP contribution in [0.25, 0.3) is 6.08 Å². The van der Waals surface area contributed by atoms with Crippen LogP contribution in [0.5, 0.6) is 23.0 Å². The first kappa shape index (κ1) is 30.3. The lowest BCUT2D eigenvalue weighted by atomic mass is 9.92. The number of phenols is 3. The Morgan fingerprint density at radius 1 is 0.786 bits per heavy atom. The van der Waals surface area contributed by atoms with Gasteiger partial charge >= 0.3 is 0 Å². The van der Waals surface area contributed by atoms with Crippen molar-refractivity contribution in [3.63, 3.8) is 0 Å². The average molecular weight is 596 g/mol. The van der Waals surface area contributed by atoms with Crippen molar-refractivity contribution in [2.45, 2.75) is 68.3 Å². The number of hydrogen-bond acceptors (Lipinski definition) is 13. The van der Waals surface area contributed by atoms with Gasteiger partial charge in [0.2, 0.25) is 6.29 Å². The molecule has 0 amide bonds. The molecule has 11 atom stereocenters. The number of aliphatic hydroxyl groups excluding tert-OH is 6. The second-order valence-corrected chi connectivity index (χ2v) is 10.6. The second kappa shape index (κ2) is 12.2. The molecular formula is C28H35O14+. The maximum absolute atomic E-state index is 11.0. The van der Waals surface area contributed by atoms with Gasteiger partial charge in [0.1, 0.15) is 53.3 Å². The third-order valence-corrected chi connectivity index (χ3v) is 7.71. The van der Waals surface area contributed by atoms with Gasteiger partial charge < -0.3 is 69.6 Å². The summed E-state index contributed by atoms with van der Waals surface area (Å²) in [6.45, 7) is 0.195. The highest BCUT2D eigenvalue weighted by Crippen LogP contribution is 2.46. The topological polar surface area (TPSA) is 232 Å². The van der Waals surface area contributed by atoms with Gasteiger partial charge in [-0.05, 0) is 24.3 Å². The molecule has 2 aromatic carbocycles. The molecule has 14 nitrogen and oxygen atoms in total. The first-order valence-electron chi connectivity index (χ1n) is 13.4. The van der Waals surface area contributed by atoms with Gasteiger partial charge in [0.15, 0.2) is 18.2 Å². The first-order chi connectivity index (χ1) is 20.0. The van der Waals surface area contributed by atoms with E-state index in [9.17, 15) is 46.0 Å². The molecule has 0 bridgehead atoms. The molecule has 0 aliphatic carbocycles. The van der Waals surface area contributed by atoms with Crippen molar-refractivity contribution >= 4 is 6.08 Å². The zero-order valence-electron chi connectivity index (χ0n) is 22.4. The molecule has 1 unspecified atom stereocenters. The molecule has 3 aliphatic heterocycles. The van der Waals surface area contributed by atoms with Crippen LogP contribution in [0.4, 0.5) is 0 Å². The van der Waals surface area contributed by atoms with Gasteiger partial charge in [0.25, 0.3) is 11.9 Å². The number of ether oxygens (including phenoxy) is 5. The molecule has 2 saturated heterocycles. The number of aliphatic hydroxyl groups is 7. The number of aromatic hydroxyl groups is 4. The van der Waals surface area contributed by atoms with E-state index in [1.165, 1.54) is 31.2 Å². The number of hydrogen-bond donors (Lipinski definition) is 9. The molecule has 0 saturated carbocycles. The van der Waals surface area contributed by atoms with Crippen molar-refractivity contribution in [3.05, 3.63) is 53.3 Å². The minimum Gasteiger partial charge on any atom is -0.571 e. The fraction of sp³-hybridized carbons (Fsp3) is 0.500. The smallest absolute Gasteiger partial charge is 0.270 e. The lowest BCUT2D eigenvalue weighted by Gasteiger charge is -2.46. The zero-order valence-corrected chi connectivity index (χ0v) is 22.4. The molecule has 10 N–H and O–H groups in total. The van der Waals surface area contributed by atoms with Crippen molar-refractivity contribution in [2.24, 2.45) is 5.92 Å². The fourth-order valence-corrected chi connectivity index (χ4v) is 5.24. The lowest BCUT2D eigenvalue weighted by molar-refractivity contribution is -0.357. The van der Waals surface area contributed by atoms with Crippen molar-refractivity contribution < 1.29 is 69.6 Å². The molecule has 0 radical (unpaired) electrons. The highest BCUT2D eigenvalue weighted by Gasteiger charge is 2.51. The van der Waals surface area contributed by atoms with Gasteiger partial charge in [-0.15, -0.1) is 0 Å². The number of fused-ring (bicyclic) bond motifs is 1. The summed E-state index contributed by atoms with van der Waals surface area (Å²) < 4.78 is 28.2. The highest BCUT2D eigenvalue weighted by molar-refractivity contribution is 5.69. The molecule has 5 rings (SSSR count). The summed E-state index contributed by atoms with van der Waals surface area (Å²) in [6, 6.07) is 8.49. The maximum atomic E-state index is 11.0. The lowest BCUT2D eigenvalue weighted by Crippen LogP contribution is -2.63. The van der Waals surface area contributed by atoms with Crippen LogP contribution in [0.1, 0.15) is 24.2 Å². The summed E-state index contributed by atoms with van der Waals surface area (Å²) in [4.78, 5) is 0. The first-order valence-corrected chi connectivity index (χ1v) is 13.4. The normalized spacial score (nSPS) is 36.5. The number of phenolic OH excluding ortho intramolecular Hbond substituents is 3.